The third-order valence-electron chi connectivity index (χ3n) is 4.93. The summed E-state index contributed by atoms with van der Waals surface area (Å²) in [5.41, 5.74) is 5.86. The molecule has 0 saturated carbocycles. The first-order valence-corrected chi connectivity index (χ1v) is 12.5. The van der Waals surface area contributed by atoms with Crippen molar-refractivity contribution in [3.63, 3.8) is 0 Å². The maximum absolute atomic E-state index is 12.2. The SMILES string of the molecule is CCc1ccc(-c2ccc(-c3c(Br)c(C)nn3CC(C)C)cc2)cc1S(C)(=O)=O. The van der Waals surface area contributed by atoms with Gasteiger partial charge in [0.05, 0.1) is 20.8 Å². The summed E-state index contributed by atoms with van der Waals surface area (Å²) in [7, 11) is -3.27. The van der Waals surface area contributed by atoms with E-state index in [0.717, 1.165) is 44.7 Å². The van der Waals surface area contributed by atoms with E-state index in [-0.39, 0.29) is 0 Å². The second-order valence-electron chi connectivity index (χ2n) is 7.85. The molecule has 1 aromatic heterocycles. The number of benzene rings is 2. The summed E-state index contributed by atoms with van der Waals surface area (Å²) in [4.78, 5) is 0.412. The van der Waals surface area contributed by atoms with Crippen LogP contribution in [0.5, 0.6) is 0 Å². The van der Waals surface area contributed by atoms with Gasteiger partial charge in [0.25, 0.3) is 0 Å². The van der Waals surface area contributed by atoms with Crippen molar-refractivity contribution in [2.45, 2.75) is 45.6 Å². The number of rotatable bonds is 6. The zero-order valence-corrected chi connectivity index (χ0v) is 19.9. The van der Waals surface area contributed by atoms with Crippen molar-refractivity contribution in [1.82, 2.24) is 9.78 Å². The van der Waals surface area contributed by atoms with Gasteiger partial charge in [-0.15, -0.1) is 0 Å². The van der Waals surface area contributed by atoms with Crippen molar-refractivity contribution in [3.8, 4) is 22.4 Å². The van der Waals surface area contributed by atoms with Gasteiger partial charge in [0.15, 0.2) is 9.84 Å². The highest BCUT2D eigenvalue weighted by Crippen LogP contribution is 2.33. The fraction of sp³-hybridized carbons (Fsp3) is 0.348. The molecule has 6 heteroatoms. The molecule has 0 bridgehead atoms. The van der Waals surface area contributed by atoms with Crippen molar-refractivity contribution in [3.05, 3.63) is 58.2 Å². The van der Waals surface area contributed by atoms with E-state index >= 15 is 0 Å². The number of aromatic nitrogens is 2. The third kappa shape index (κ3) is 4.64. The molecule has 154 valence electrons. The van der Waals surface area contributed by atoms with Crippen LogP contribution >= 0.6 is 15.9 Å². The van der Waals surface area contributed by atoms with E-state index < -0.39 is 9.84 Å². The average Bonchev–Trinajstić information content (AvgIpc) is 2.93. The summed E-state index contributed by atoms with van der Waals surface area (Å²) < 4.78 is 27.4. The van der Waals surface area contributed by atoms with Crippen molar-refractivity contribution < 1.29 is 8.42 Å². The topological polar surface area (TPSA) is 52.0 Å². The standard InChI is InChI=1S/C23H27BrN2O2S/c1-6-17-7-12-20(13-21(17)29(5,27)28)18-8-10-19(11-9-18)23-22(24)16(4)25-26(23)14-15(2)3/h7-13,15H,6,14H2,1-5H3. The Hall–Kier alpha value is -1.92. The number of nitrogens with zero attached hydrogens (tertiary/aromatic N) is 2. The van der Waals surface area contributed by atoms with Gasteiger partial charge in [-0.1, -0.05) is 57.2 Å². The molecule has 0 atom stereocenters. The summed E-state index contributed by atoms with van der Waals surface area (Å²) in [5.74, 6) is 0.491. The van der Waals surface area contributed by atoms with Gasteiger partial charge in [-0.25, -0.2) is 8.42 Å². The number of sulfone groups is 1. The molecule has 0 aliphatic heterocycles. The van der Waals surface area contributed by atoms with Crippen LogP contribution in [-0.2, 0) is 22.8 Å². The van der Waals surface area contributed by atoms with E-state index in [0.29, 0.717) is 17.2 Å². The van der Waals surface area contributed by atoms with Gasteiger partial charge in [0.1, 0.15) is 0 Å². The molecule has 4 nitrogen and oxygen atoms in total. The minimum absolute atomic E-state index is 0.412. The lowest BCUT2D eigenvalue weighted by Crippen LogP contribution is -2.07. The monoisotopic (exact) mass is 474 g/mol. The van der Waals surface area contributed by atoms with Crippen LogP contribution in [0.4, 0.5) is 0 Å². The van der Waals surface area contributed by atoms with Crippen LogP contribution in [0, 0.1) is 12.8 Å². The Morgan fingerprint density at radius 3 is 2.17 bits per heavy atom. The average molecular weight is 475 g/mol. The summed E-state index contributed by atoms with van der Waals surface area (Å²) >= 11 is 3.69. The Morgan fingerprint density at radius 2 is 1.62 bits per heavy atom. The highest BCUT2D eigenvalue weighted by Gasteiger charge is 2.17. The molecular formula is C23H27BrN2O2S. The van der Waals surface area contributed by atoms with Crippen LogP contribution in [0.3, 0.4) is 0 Å². The first-order chi connectivity index (χ1) is 13.6. The second-order valence-corrected chi connectivity index (χ2v) is 10.6. The first-order valence-electron chi connectivity index (χ1n) is 9.78. The van der Waals surface area contributed by atoms with Crippen molar-refractivity contribution >= 4 is 25.8 Å². The first kappa shape index (κ1) is 21.8. The molecule has 0 radical (unpaired) electrons. The van der Waals surface area contributed by atoms with Gasteiger partial charge in [-0.05, 0) is 57.9 Å². The highest BCUT2D eigenvalue weighted by atomic mass is 79.9. The van der Waals surface area contributed by atoms with Gasteiger partial charge < -0.3 is 0 Å². The zero-order valence-electron chi connectivity index (χ0n) is 17.5. The van der Waals surface area contributed by atoms with Gasteiger partial charge in [-0.2, -0.15) is 5.10 Å². The van der Waals surface area contributed by atoms with E-state index in [4.69, 9.17) is 0 Å². The lowest BCUT2D eigenvalue weighted by Gasteiger charge is -2.12. The maximum Gasteiger partial charge on any atom is 0.175 e. The molecule has 3 aromatic rings. The quantitative estimate of drug-likeness (QED) is 0.446. The molecule has 3 rings (SSSR count). The van der Waals surface area contributed by atoms with E-state index in [1.54, 1.807) is 6.07 Å². The Balaban J connectivity index is 2.03. The smallest absolute Gasteiger partial charge is 0.175 e. The van der Waals surface area contributed by atoms with Crippen LogP contribution < -0.4 is 0 Å². The molecule has 0 amide bonds. The Bertz CT molecular complexity index is 1130. The Kier molecular flexibility index (Phi) is 6.34. The fourth-order valence-corrected chi connectivity index (χ4v) is 5.05. The predicted molar refractivity (Wildman–Crippen MR) is 123 cm³/mol. The Morgan fingerprint density at radius 1 is 1.03 bits per heavy atom. The predicted octanol–water partition coefficient (Wildman–Crippen LogP) is 5.91. The summed E-state index contributed by atoms with van der Waals surface area (Å²) in [5, 5.41) is 4.67. The Labute approximate surface area is 182 Å². The molecule has 0 saturated heterocycles. The molecule has 0 aliphatic rings. The molecule has 0 N–H and O–H groups in total. The molecule has 29 heavy (non-hydrogen) atoms. The molecule has 0 unspecified atom stereocenters. The van der Waals surface area contributed by atoms with E-state index in [1.165, 1.54) is 6.26 Å². The fourth-order valence-electron chi connectivity index (χ4n) is 3.51. The van der Waals surface area contributed by atoms with E-state index in [1.807, 2.05) is 38.1 Å². The number of hydrogen-bond acceptors (Lipinski definition) is 3. The van der Waals surface area contributed by atoms with Crippen LogP contribution in [-0.4, -0.2) is 24.5 Å². The number of aryl methyl sites for hydroxylation is 2. The molecule has 1 heterocycles. The lowest BCUT2D eigenvalue weighted by molar-refractivity contribution is 0.485. The lowest BCUT2D eigenvalue weighted by atomic mass is 10.0. The van der Waals surface area contributed by atoms with Crippen LogP contribution in [0.1, 0.15) is 32.0 Å². The summed E-state index contributed by atoms with van der Waals surface area (Å²) in [6, 6.07) is 13.9. The van der Waals surface area contributed by atoms with E-state index in [9.17, 15) is 8.42 Å². The second kappa shape index (κ2) is 8.44. The van der Waals surface area contributed by atoms with Gasteiger partial charge in [-0.3, -0.25) is 4.68 Å². The molecule has 0 spiro atoms. The molecule has 2 aromatic carbocycles. The van der Waals surface area contributed by atoms with E-state index in [2.05, 4.69) is 51.7 Å². The molecule has 0 aliphatic carbocycles. The molecule has 0 fully saturated rings. The normalized spacial score (nSPS) is 12.0. The van der Waals surface area contributed by atoms with Crippen LogP contribution in [0.25, 0.3) is 22.4 Å². The van der Waals surface area contributed by atoms with Crippen molar-refractivity contribution in [1.29, 1.82) is 0 Å². The minimum Gasteiger partial charge on any atom is -0.263 e. The minimum atomic E-state index is -3.27. The summed E-state index contributed by atoms with van der Waals surface area (Å²) in [6.45, 7) is 9.17. The van der Waals surface area contributed by atoms with Crippen molar-refractivity contribution in [2.24, 2.45) is 5.92 Å². The number of halogens is 1. The van der Waals surface area contributed by atoms with Crippen LogP contribution in [0.15, 0.2) is 51.8 Å². The van der Waals surface area contributed by atoms with Gasteiger partial charge >= 0.3 is 0 Å². The van der Waals surface area contributed by atoms with Crippen molar-refractivity contribution in [2.75, 3.05) is 6.26 Å². The van der Waals surface area contributed by atoms with Gasteiger partial charge in [0.2, 0.25) is 0 Å². The summed E-state index contributed by atoms with van der Waals surface area (Å²) in [6.07, 6.45) is 1.96. The number of hydrogen-bond donors (Lipinski definition) is 0. The maximum atomic E-state index is 12.2. The van der Waals surface area contributed by atoms with Gasteiger partial charge in [0, 0.05) is 18.4 Å². The third-order valence-corrected chi connectivity index (χ3v) is 7.06. The van der Waals surface area contributed by atoms with Crippen LogP contribution in [0.2, 0.25) is 0 Å². The highest BCUT2D eigenvalue weighted by molar-refractivity contribution is 9.10. The zero-order chi connectivity index (χ0) is 21.3. The molecular weight excluding hydrogens is 448 g/mol. The largest absolute Gasteiger partial charge is 0.263 e.